The van der Waals surface area contributed by atoms with Gasteiger partial charge in [-0.2, -0.15) is 0 Å². The molecule has 0 aliphatic heterocycles. The van der Waals surface area contributed by atoms with Gasteiger partial charge in [-0.3, -0.25) is 9.78 Å². The lowest BCUT2D eigenvalue weighted by atomic mass is 10.2. The zero-order chi connectivity index (χ0) is 14.5. The first-order valence-corrected chi connectivity index (χ1v) is 6.27. The van der Waals surface area contributed by atoms with Crippen molar-refractivity contribution in [1.29, 1.82) is 0 Å². The molecule has 1 aromatic heterocycles. The summed E-state index contributed by atoms with van der Waals surface area (Å²) < 4.78 is 0. The van der Waals surface area contributed by atoms with Crippen LogP contribution < -0.4 is 5.73 Å². The summed E-state index contributed by atoms with van der Waals surface area (Å²) in [6, 6.07) is 10.4. The Labute approximate surface area is 117 Å². The Morgan fingerprint density at radius 1 is 1.30 bits per heavy atom. The first-order valence-electron chi connectivity index (χ1n) is 6.27. The fourth-order valence-corrected chi connectivity index (χ4v) is 1.82. The van der Waals surface area contributed by atoms with Gasteiger partial charge in [0.25, 0.3) is 0 Å². The number of likely N-dealkylation sites (N-methyl/N-ethyl adjacent to an activating group) is 1. The van der Waals surface area contributed by atoms with Gasteiger partial charge in [0.15, 0.2) is 0 Å². The third-order valence-electron chi connectivity index (χ3n) is 3.00. The van der Waals surface area contributed by atoms with Crippen molar-refractivity contribution in [3.63, 3.8) is 0 Å². The van der Waals surface area contributed by atoms with Crippen LogP contribution in [0.3, 0.4) is 0 Å². The molecule has 1 heterocycles. The molecule has 0 atom stereocenters. The standard InChI is InChI=1S/C15H17N3O2/c1-18(10-11-4-2-3-5-14(11)19)15(20)8-13-7-6-12(16)9-17-13/h2-7,9,19H,8,10,16H2,1H3. The normalized spacial score (nSPS) is 10.2. The van der Waals surface area contributed by atoms with Gasteiger partial charge in [0, 0.05) is 24.8 Å². The van der Waals surface area contributed by atoms with Crippen LogP contribution in [-0.4, -0.2) is 27.9 Å². The van der Waals surface area contributed by atoms with Crippen molar-refractivity contribution >= 4 is 11.6 Å². The Morgan fingerprint density at radius 3 is 2.70 bits per heavy atom. The molecule has 1 amide bonds. The average molecular weight is 271 g/mol. The van der Waals surface area contributed by atoms with Crippen LogP contribution >= 0.6 is 0 Å². The number of aromatic hydroxyl groups is 1. The highest BCUT2D eigenvalue weighted by Gasteiger charge is 2.12. The largest absolute Gasteiger partial charge is 0.508 e. The number of nitrogen functional groups attached to an aromatic ring is 1. The third kappa shape index (κ3) is 3.47. The van der Waals surface area contributed by atoms with Crippen LogP contribution in [0.1, 0.15) is 11.3 Å². The van der Waals surface area contributed by atoms with Gasteiger partial charge in [-0.15, -0.1) is 0 Å². The van der Waals surface area contributed by atoms with Crippen molar-refractivity contribution in [3.8, 4) is 5.75 Å². The molecule has 1 aromatic carbocycles. The second kappa shape index (κ2) is 6.06. The number of carbonyl (C=O) groups is 1. The molecule has 0 saturated heterocycles. The molecular formula is C15H17N3O2. The van der Waals surface area contributed by atoms with Crippen LogP contribution in [0.25, 0.3) is 0 Å². The number of carbonyl (C=O) groups excluding carboxylic acids is 1. The molecule has 5 heteroatoms. The van der Waals surface area contributed by atoms with Gasteiger partial charge in [0.05, 0.1) is 18.3 Å². The number of benzene rings is 1. The van der Waals surface area contributed by atoms with Gasteiger partial charge in [-0.25, -0.2) is 0 Å². The summed E-state index contributed by atoms with van der Waals surface area (Å²) in [5.74, 6) is 0.128. The summed E-state index contributed by atoms with van der Waals surface area (Å²) in [5, 5.41) is 9.70. The minimum atomic E-state index is -0.0643. The van der Waals surface area contributed by atoms with E-state index in [0.29, 0.717) is 23.5 Å². The van der Waals surface area contributed by atoms with Crippen LogP contribution in [0.2, 0.25) is 0 Å². The predicted molar refractivity (Wildman–Crippen MR) is 76.9 cm³/mol. The molecule has 0 bridgehead atoms. The minimum Gasteiger partial charge on any atom is -0.508 e. The molecular weight excluding hydrogens is 254 g/mol. The van der Waals surface area contributed by atoms with E-state index in [9.17, 15) is 9.90 Å². The first kappa shape index (κ1) is 13.9. The quantitative estimate of drug-likeness (QED) is 0.884. The average Bonchev–Trinajstić information content (AvgIpc) is 2.44. The Balaban J connectivity index is 1.99. The highest BCUT2D eigenvalue weighted by Crippen LogP contribution is 2.17. The third-order valence-corrected chi connectivity index (χ3v) is 3.00. The van der Waals surface area contributed by atoms with E-state index in [4.69, 9.17) is 5.73 Å². The molecule has 0 fully saturated rings. The van der Waals surface area contributed by atoms with E-state index in [-0.39, 0.29) is 18.1 Å². The molecule has 0 unspecified atom stereocenters. The Kier molecular flexibility index (Phi) is 4.20. The van der Waals surface area contributed by atoms with Gasteiger partial charge in [0.1, 0.15) is 5.75 Å². The Bertz CT molecular complexity index is 596. The zero-order valence-corrected chi connectivity index (χ0v) is 11.3. The number of amides is 1. The van der Waals surface area contributed by atoms with E-state index in [1.54, 1.807) is 42.3 Å². The van der Waals surface area contributed by atoms with Gasteiger partial charge < -0.3 is 15.7 Å². The first-order chi connectivity index (χ1) is 9.56. The fraction of sp³-hybridized carbons (Fsp3) is 0.200. The number of nitrogens with zero attached hydrogens (tertiary/aromatic N) is 2. The van der Waals surface area contributed by atoms with Crippen molar-refractivity contribution in [2.45, 2.75) is 13.0 Å². The number of pyridine rings is 1. The molecule has 20 heavy (non-hydrogen) atoms. The summed E-state index contributed by atoms with van der Waals surface area (Å²) in [6.45, 7) is 0.362. The lowest BCUT2D eigenvalue weighted by Crippen LogP contribution is -2.28. The van der Waals surface area contributed by atoms with E-state index in [1.807, 2.05) is 6.07 Å². The van der Waals surface area contributed by atoms with E-state index in [1.165, 1.54) is 6.20 Å². The number of phenolic OH excluding ortho intramolecular Hbond substituents is 1. The van der Waals surface area contributed by atoms with Crippen LogP contribution in [0.4, 0.5) is 5.69 Å². The molecule has 0 saturated carbocycles. The molecule has 104 valence electrons. The maximum absolute atomic E-state index is 12.1. The zero-order valence-electron chi connectivity index (χ0n) is 11.3. The van der Waals surface area contributed by atoms with E-state index in [0.717, 1.165) is 0 Å². The smallest absolute Gasteiger partial charge is 0.228 e. The Hall–Kier alpha value is -2.56. The molecule has 3 N–H and O–H groups in total. The maximum Gasteiger partial charge on any atom is 0.228 e. The highest BCUT2D eigenvalue weighted by molar-refractivity contribution is 5.78. The number of para-hydroxylation sites is 1. The Morgan fingerprint density at radius 2 is 2.05 bits per heavy atom. The molecule has 0 aliphatic rings. The second-order valence-corrected chi connectivity index (χ2v) is 4.64. The molecule has 2 aromatic rings. The molecule has 5 nitrogen and oxygen atoms in total. The van der Waals surface area contributed by atoms with Crippen molar-refractivity contribution in [2.75, 3.05) is 12.8 Å². The number of aromatic nitrogens is 1. The summed E-state index contributed by atoms with van der Waals surface area (Å²) in [7, 11) is 1.70. The van der Waals surface area contributed by atoms with Gasteiger partial charge in [0.2, 0.25) is 5.91 Å². The minimum absolute atomic E-state index is 0.0643. The fourth-order valence-electron chi connectivity index (χ4n) is 1.82. The van der Waals surface area contributed by atoms with Crippen molar-refractivity contribution < 1.29 is 9.90 Å². The molecule has 0 spiro atoms. The highest BCUT2D eigenvalue weighted by atomic mass is 16.3. The van der Waals surface area contributed by atoms with E-state index in [2.05, 4.69) is 4.98 Å². The van der Waals surface area contributed by atoms with Crippen LogP contribution in [-0.2, 0) is 17.8 Å². The molecule has 0 aliphatic carbocycles. The summed E-state index contributed by atoms with van der Waals surface area (Å²) in [4.78, 5) is 17.8. The number of rotatable bonds is 4. The number of hydrogen-bond donors (Lipinski definition) is 2. The number of nitrogens with two attached hydrogens (primary N) is 1. The monoisotopic (exact) mass is 271 g/mol. The van der Waals surface area contributed by atoms with Crippen molar-refractivity contribution in [3.05, 3.63) is 53.9 Å². The van der Waals surface area contributed by atoms with E-state index < -0.39 is 0 Å². The van der Waals surface area contributed by atoms with Crippen molar-refractivity contribution in [2.24, 2.45) is 0 Å². The van der Waals surface area contributed by atoms with Crippen LogP contribution in [0, 0.1) is 0 Å². The van der Waals surface area contributed by atoms with Gasteiger partial charge in [-0.05, 0) is 18.2 Å². The molecule has 0 radical (unpaired) electrons. The molecule has 2 rings (SSSR count). The van der Waals surface area contributed by atoms with Gasteiger partial charge in [-0.1, -0.05) is 18.2 Å². The van der Waals surface area contributed by atoms with Crippen molar-refractivity contribution in [1.82, 2.24) is 9.88 Å². The van der Waals surface area contributed by atoms with Crippen LogP contribution in [0.15, 0.2) is 42.6 Å². The summed E-state index contributed by atoms with van der Waals surface area (Å²) >= 11 is 0. The van der Waals surface area contributed by atoms with Crippen LogP contribution in [0.5, 0.6) is 5.75 Å². The SMILES string of the molecule is CN(Cc1ccccc1O)C(=O)Cc1ccc(N)cn1. The predicted octanol–water partition coefficient (Wildman–Crippen LogP) is 1.57. The summed E-state index contributed by atoms with van der Waals surface area (Å²) in [5.41, 5.74) is 7.51. The maximum atomic E-state index is 12.1. The lowest BCUT2D eigenvalue weighted by molar-refractivity contribution is -0.129. The number of hydrogen-bond acceptors (Lipinski definition) is 4. The number of anilines is 1. The summed E-state index contributed by atoms with van der Waals surface area (Å²) in [6.07, 6.45) is 1.75. The van der Waals surface area contributed by atoms with E-state index >= 15 is 0 Å². The number of phenols is 1. The lowest BCUT2D eigenvalue weighted by Gasteiger charge is -2.17. The second-order valence-electron chi connectivity index (χ2n) is 4.64. The topological polar surface area (TPSA) is 79.5 Å². The van der Waals surface area contributed by atoms with Gasteiger partial charge >= 0.3 is 0 Å².